The number of hydrogen-bond acceptors (Lipinski definition) is 8. The molecule has 0 unspecified atom stereocenters. The number of hydrogen-bond donors (Lipinski definition) is 0. The maximum Gasteiger partial charge on any atom is 0.269 e. The molecule has 12 heteroatoms. The molecule has 0 aliphatic carbocycles. The number of ether oxygens (including phenoxy) is 1. The first-order chi connectivity index (χ1) is 17.7. The fourth-order valence-corrected chi connectivity index (χ4v) is 5.05. The third-order valence-corrected chi connectivity index (χ3v) is 6.97. The molecule has 10 nitrogen and oxygen atoms in total. The zero-order valence-corrected chi connectivity index (χ0v) is 21.5. The number of nitro groups is 2. The van der Waals surface area contributed by atoms with Gasteiger partial charge >= 0.3 is 0 Å². The van der Waals surface area contributed by atoms with E-state index in [1.54, 1.807) is 30.3 Å². The fraction of sp³-hybridized carbons (Fsp3) is 0.200. The number of nitrogens with zero attached hydrogens (tertiary/aromatic N) is 5. The highest BCUT2D eigenvalue weighted by molar-refractivity contribution is 7.99. The first-order valence-electron chi connectivity index (χ1n) is 11.1. The molecule has 0 saturated heterocycles. The third kappa shape index (κ3) is 6.43. The molecule has 0 N–H and O–H groups in total. The smallest absolute Gasteiger partial charge is 0.269 e. The molecule has 0 fully saturated rings. The van der Waals surface area contributed by atoms with Crippen LogP contribution in [0.5, 0.6) is 5.75 Å². The van der Waals surface area contributed by atoms with E-state index in [-0.39, 0.29) is 28.8 Å². The van der Waals surface area contributed by atoms with Crippen LogP contribution in [0.4, 0.5) is 5.69 Å². The van der Waals surface area contributed by atoms with Crippen LogP contribution in [0, 0.1) is 34.1 Å². The number of aromatic nitrogens is 3. The van der Waals surface area contributed by atoms with Gasteiger partial charge in [-0.2, -0.15) is 0 Å². The number of aryl methyl sites for hydroxylation is 2. The van der Waals surface area contributed by atoms with E-state index in [2.05, 4.69) is 10.2 Å². The van der Waals surface area contributed by atoms with Gasteiger partial charge in [-0.15, -0.1) is 10.2 Å². The van der Waals surface area contributed by atoms with Gasteiger partial charge in [-0.25, -0.2) is 0 Å². The lowest BCUT2D eigenvalue weighted by molar-refractivity contribution is -0.479. The van der Waals surface area contributed by atoms with Gasteiger partial charge in [-0.3, -0.25) is 24.8 Å². The lowest BCUT2D eigenvalue weighted by Gasteiger charge is -2.16. The molecule has 190 valence electrons. The molecule has 3 aromatic carbocycles. The van der Waals surface area contributed by atoms with Gasteiger partial charge in [-0.05, 0) is 49.2 Å². The summed E-state index contributed by atoms with van der Waals surface area (Å²) in [7, 11) is 0. The molecular weight excluding hydrogens is 518 g/mol. The summed E-state index contributed by atoms with van der Waals surface area (Å²) in [4.78, 5) is 21.6. The van der Waals surface area contributed by atoms with Crippen LogP contribution in [0.15, 0.2) is 71.9 Å². The van der Waals surface area contributed by atoms with E-state index >= 15 is 0 Å². The SMILES string of the molecule is Cc1ccc(-n2c(C)nnc2S[C@H](C[N+](=O)[O-])c2ccc(OCc3cccc([N+](=O)[O-])c3)c(Cl)c2)cc1. The van der Waals surface area contributed by atoms with Crippen molar-refractivity contribution in [2.24, 2.45) is 0 Å². The molecule has 0 radical (unpaired) electrons. The van der Waals surface area contributed by atoms with Crippen molar-refractivity contribution in [3.05, 3.63) is 114 Å². The Labute approximate surface area is 221 Å². The van der Waals surface area contributed by atoms with Gasteiger partial charge < -0.3 is 4.74 Å². The lowest BCUT2D eigenvalue weighted by atomic mass is 10.1. The molecule has 0 saturated carbocycles. The lowest BCUT2D eigenvalue weighted by Crippen LogP contribution is -2.11. The van der Waals surface area contributed by atoms with Gasteiger partial charge in [0.15, 0.2) is 5.16 Å². The Morgan fingerprint density at radius 3 is 2.46 bits per heavy atom. The Kier molecular flexibility index (Phi) is 8.04. The number of non-ortho nitro benzene ring substituents is 1. The Morgan fingerprint density at radius 1 is 1.03 bits per heavy atom. The molecule has 1 atom stereocenters. The topological polar surface area (TPSA) is 126 Å². The van der Waals surface area contributed by atoms with E-state index in [0.29, 0.717) is 27.9 Å². The average Bonchev–Trinajstić information content (AvgIpc) is 3.23. The Bertz CT molecular complexity index is 1440. The number of halogens is 1. The molecule has 0 aliphatic heterocycles. The average molecular weight is 540 g/mol. The van der Waals surface area contributed by atoms with Crippen molar-refractivity contribution in [3.63, 3.8) is 0 Å². The predicted molar refractivity (Wildman–Crippen MR) is 140 cm³/mol. The van der Waals surface area contributed by atoms with E-state index in [0.717, 1.165) is 11.3 Å². The minimum Gasteiger partial charge on any atom is -0.487 e. The van der Waals surface area contributed by atoms with Crippen molar-refractivity contribution < 1.29 is 14.6 Å². The maximum absolute atomic E-state index is 11.5. The monoisotopic (exact) mass is 539 g/mol. The molecule has 4 aromatic rings. The fourth-order valence-electron chi connectivity index (χ4n) is 3.64. The van der Waals surface area contributed by atoms with Crippen LogP contribution in [-0.2, 0) is 6.61 Å². The molecule has 1 heterocycles. The van der Waals surface area contributed by atoms with E-state index in [9.17, 15) is 20.2 Å². The van der Waals surface area contributed by atoms with Crippen molar-refractivity contribution in [2.45, 2.75) is 30.9 Å². The summed E-state index contributed by atoms with van der Waals surface area (Å²) in [6.45, 7) is 3.54. The molecule has 0 spiro atoms. The number of rotatable bonds is 10. The van der Waals surface area contributed by atoms with Crippen molar-refractivity contribution in [3.8, 4) is 11.4 Å². The van der Waals surface area contributed by atoms with Gasteiger partial charge in [0.1, 0.15) is 23.4 Å². The van der Waals surface area contributed by atoms with Gasteiger partial charge in [0.2, 0.25) is 6.54 Å². The molecule has 37 heavy (non-hydrogen) atoms. The van der Waals surface area contributed by atoms with Crippen LogP contribution < -0.4 is 4.74 Å². The molecule has 1 aromatic heterocycles. The molecule has 4 rings (SSSR count). The van der Waals surface area contributed by atoms with Gasteiger partial charge in [-0.1, -0.05) is 59.3 Å². The molecule has 0 bridgehead atoms. The van der Waals surface area contributed by atoms with E-state index in [1.807, 2.05) is 42.7 Å². The summed E-state index contributed by atoms with van der Waals surface area (Å²) in [6.07, 6.45) is 0. The summed E-state index contributed by atoms with van der Waals surface area (Å²) >= 11 is 7.69. The number of nitro benzene ring substituents is 1. The van der Waals surface area contributed by atoms with Crippen LogP contribution in [0.2, 0.25) is 5.02 Å². The summed E-state index contributed by atoms with van der Waals surface area (Å²) in [5, 5.41) is 31.1. The van der Waals surface area contributed by atoms with Crippen molar-refractivity contribution in [2.75, 3.05) is 6.54 Å². The Morgan fingerprint density at radius 2 is 1.78 bits per heavy atom. The first-order valence-corrected chi connectivity index (χ1v) is 12.4. The normalized spacial score (nSPS) is 11.8. The highest BCUT2D eigenvalue weighted by Crippen LogP contribution is 2.38. The summed E-state index contributed by atoms with van der Waals surface area (Å²) in [6, 6.07) is 19.0. The standard InChI is InChI=1S/C25H22ClN5O5S/c1-16-6-9-20(10-7-16)30-17(2)27-28-25(30)37-24(14-29(32)33)19-8-11-23(22(26)13-19)36-15-18-4-3-5-21(12-18)31(34)35/h3-13,24H,14-15H2,1-2H3/t24-/m1/s1. The van der Waals surface area contributed by atoms with Crippen LogP contribution >= 0.6 is 23.4 Å². The minimum absolute atomic E-state index is 0.0316. The molecular formula is C25H22ClN5O5S. The maximum atomic E-state index is 11.5. The van der Waals surface area contributed by atoms with Crippen LogP contribution in [0.3, 0.4) is 0 Å². The van der Waals surface area contributed by atoms with Crippen molar-refractivity contribution in [1.29, 1.82) is 0 Å². The second-order valence-corrected chi connectivity index (χ2v) is 9.81. The quantitative estimate of drug-likeness (QED) is 0.134. The summed E-state index contributed by atoms with van der Waals surface area (Å²) in [5.41, 5.74) is 3.18. The zero-order chi connectivity index (χ0) is 26.5. The highest BCUT2D eigenvalue weighted by Gasteiger charge is 2.24. The highest BCUT2D eigenvalue weighted by atomic mass is 35.5. The predicted octanol–water partition coefficient (Wildman–Crippen LogP) is 6.13. The van der Waals surface area contributed by atoms with Gasteiger partial charge in [0.05, 0.1) is 9.95 Å². The largest absolute Gasteiger partial charge is 0.487 e. The molecule has 0 aliphatic rings. The summed E-state index contributed by atoms with van der Waals surface area (Å²) < 4.78 is 7.62. The van der Waals surface area contributed by atoms with E-state index < -0.39 is 10.2 Å². The molecule has 0 amide bonds. The van der Waals surface area contributed by atoms with E-state index in [1.165, 1.54) is 23.9 Å². The zero-order valence-electron chi connectivity index (χ0n) is 19.9. The Hall–Kier alpha value is -3.96. The van der Waals surface area contributed by atoms with E-state index in [4.69, 9.17) is 16.3 Å². The van der Waals surface area contributed by atoms with Crippen LogP contribution in [0.25, 0.3) is 5.69 Å². The van der Waals surface area contributed by atoms with Crippen molar-refractivity contribution >= 4 is 29.1 Å². The second-order valence-electron chi connectivity index (χ2n) is 8.23. The Balaban J connectivity index is 1.56. The van der Waals surface area contributed by atoms with Gasteiger partial charge in [0.25, 0.3) is 5.69 Å². The third-order valence-electron chi connectivity index (χ3n) is 5.49. The first kappa shape index (κ1) is 26.1. The van der Waals surface area contributed by atoms with Crippen LogP contribution in [0.1, 0.15) is 27.8 Å². The minimum atomic E-state index is -0.592. The second kappa shape index (κ2) is 11.4. The number of benzene rings is 3. The van der Waals surface area contributed by atoms with Gasteiger partial charge in [0, 0.05) is 22.7 Å². The van der Waals surface area contributed by atoms with Crippen molar-refractivity contribution in [1.82, 2.24) is 14.8 Å². The number of thioether (sulfide) groups is 1. The summed E-state index contributed by atoms with van der Waals surface area (Å²) in [5.74, 6) is 1.02. The van der Waals surface area contributed by atoms with Crippen LogP contribution in [-0.4, -0.2) is 31.2 Å².